The Hall–Kier alpha value is -2.08. The molecule has 0 aromatic heterocycles. The summed E-state index contributed by atoms with van der Waals surface area (Å²) in [6.07, 6.45) is 9.97. The van der Waals surface area contributed by atoms with Crippen molar-refractivity contribution in [3.8, 4) is 0 Å². The number of nitrogens with one attached hydrogen (secondary N) is 1. The zero-order valence-corrected chi connectivity index (χ0v) is 20.0. The van der Waals surface area contributed by atoms with Gasteiger partial charge in [-0.3, -0.25) is 14.4 Å². The van der Waals surface area contributed by atoms with Crippen LogP contribution in [0.4, 0.5) is 0 Å². The van der Waals surface area contributed by atoms with Gasteiger partial charge in [0.2, 0.25) is 11.8 Å². The normalized spacial score (nSPS) is 16.0. The van der Waals surface area contributed by atoms with Crippen LogP contribution in [-0.2, 0) is 25.5 Å². The molecule has 1 heterocycles. The SMILES string of the molecule is CCCCCCCCCCOC(=O)CC1C(=O)NCCN1C(=O)CCc1ccccc1Cl. The molecule has 1 aliphatic rings. The molecule has 1 aliphatic heterocycles. The largest absolute Gasteiger partial charge is 0.466 e. The smallest absolute Gasteiger partial charge is 0.308 e. The average molecular weight is 465 g/mol. The molecule has 32 heavy (non-hydrogen) atoms. The summed E-state index contributed by atoms with van der Waals surface area (Å²) in [6.45, 7) is 3.35. The molecule has 1 unspecified atom stereocenters. The molecule has 1 aromatic rings. The van der Waals surface area contributed by atoms with Crippen molar-refractivity contribution < 1.29 is 19.1 Å². The molecule has 1 atom stereocenters. The van der Waals surface area contributed by atoms with E-state index in [2.05, 4.69) is 12.2 Å². The number of halogens is 1. The number of ether oxygens (including phenoxy) is 1. The van der Waals surface area contributed by atoms with Gasteiger partial charge in [-0.1, -0.05) is 81.7 Å². The van der Waals surface area contributed by atoms with E-state index in [1.165, 1.54) is 37.0 Å². The van der Waals surface area contributed by atoms with E-state index in [1.807, 2.05) is 18.2 Å². The number of hydrogen-bond acceptors (Lipinski definition) is 4. The highest BCUT2D eigenvalue weighted by Crippen LogP contribution is 2.19. The highest BCUT2D eigenvalue weighted by Gasteiger charge is 2.34. The van der Waals surface area contributed by atoms with E-state index in [0.29, 0.717) is 31.1 Å². The summed E-state index contributed by atoms with van der Waals surface area (Å²) >= 11 is 6.17. The van der Waals surface area contributed by atoms with Gasteiger partial charge in [0.15, 0.2) is 0 Å². The van der Waals surface area contributed by atoms with Crippen LogP contribution in [0.15, 0.2) is 24.3 Å². The van der Waals surface area contributed by atoms with Crippen LogP contribution in [0.3, 0.4) is 0 Å². The summed E-state index contributed by atoms with van der Waals surface area (Å²) in [5.41, 5.74) is 0.894. The van der Waals surface area contributed by atoms with Crippen LogP contribution >= 0.6 is 11.6 Å². The minimum Gasteiger partial charge on any atom is -0.466 e. The van der Waals surface area contributed by atoms with Gasteiger partial charge in [0.25, 0.3) is 0 Å². The molecule has 2 rings (SSSR count). The third kappa shape index (κ3) is 9.19. The predicted octanol–water partition coefficient (Wildman–Crippen LogP) is 4.67. The molecule has 1 saturated heterocycles. The van der Waals surface area contributed by atoms with E-state index in [9.17, 15) is 14.4 Å². The first-order chi connectivity index (χ1) is 15.5. The third-order valence-electron chi connectivity index (χ3n) is 5.84. The number of benzene rings is 1. The summed E-state index contributed by atoms with van der Waals surface area (Å²) in [5.74, 6) is -0.883. The standard InChI is InChI=1S/C25H37ClN2O4/c1-2-3-4-5-6-7-8-11-18-32-24(30)19-22-25(31)27-16-17-28(22)23(29)15-14-20-12-9-10-13-21(20)26/h9-10,12-13,22H,2-8,11,14-19H2,1H3,(H,27,31). The van der Waals surface area contributed by atoms with Gasteiger partial charge in [0, 0.05) is 24.5 Å². The van der Waals surface area contributed by atoms with Crippen molar-refractivity contribution in [2.24, 2.45) is 0 Å². The molecule has 0 radical (unpaired) electrons. The zero-order chi connectivity index (χ0) is 23.2. The molecule has 178 valence electrons. The summed E-state index contributed by atoms with van der Waals surface area (Å²) in [7, 11) is 0. The summed E-state index contributed by atoms with van der Waals surface area (Å²) in [6, 6.07) is 6.59. The van der Waals surface area contributed by atoms with E-state index in [4.69, 9.17) is 16.3 Å². The highest BCUT2D eigenvalue weighted by atomic mass is 35.5. The first-order valence-electron chi connectivity index (χ1n) is 12.0. The number of rotatable bonds is 14. The fourth-order valence-electron chi connectivity index (χ4n) is 3.94. The summed E-state index contributed by atoms with van der Waals surface area (Å²) in [5, 5.41) is 3.37. The quantitative estimate of drug-likeness (QED) is 0.320. The Bertz CT molecular complexity index is 740. The average Bonchev–Trinajstić information content (AvgIpc) is 2.78. The van der Waals surface area contributed by atoms with E-state index in [0.717, 1.165) is 24.8 Å². The first-order valence-corrected chi connectivity index (χ1v) is 12.4. The Kier molecular flexibility index (Phi) is 12.2. The lowest BCUT2D eigenvalue weighted by Crippen LogP contribution is -2.57. The second kappa shape index (κ2) is 14.9. The number of nitrogens with zero attached hydrogens (tertiary/aromatic N) is 1. The van der Waals surface area contributed by atoms with E-state index in [1.54, 1.807) is 6.07 Å². The Morgan fingerprint density at radius 1 is 1.09 bits per heavy atom. The van der Waals surface area contributed by atoms with Crippen molar-refractivity contribution in [1.82, 2.24) is 10.2 Å². The number of esters is 1. The number of hydrogen-bond donors (Lipinski definition) is 1. The van der Waals surface area contributed by atoms with Crippen molar-refractivity contribution >= 4 is 29.4 Å². The van der Waals surface area contributed by atoms with Crippen LogP contribution in [0, 0.1) is 0 Å². The molecule has 0 aliphatic carbocycles. The molecule has 1 aromatic carbocycles. The van der Waals surface area contributed by atoms with Crippen molar-refractivity contribution in [1.29, 1.82) is 0 Å². The lowest BCUT2D eigenvalue weighted by Gasteiger charge is -2.34. The van der Waals surface area contributed by atoms with Crippen LogP contribution in [-0.4, -0.2) is 48.4 Å². The van der Waals surface area contributed by atoms with Gasteiger partial charge >= 0.3 is 5.97 Å². The van der Waals surface area contributed by atoms with Gasteiger partial charge < -0.3 is 15.0 Å². The van der Waals surface area contributed by atoms with Crippen LogP contribution in [0.25, 0.3) is 0 Å². The van der Waals surface area contributed by atoms with Gasteiger partial charge in [-0.25, -0.2) is 0 Å². The van der Waals surface area contributed by atoms with Gasteiger partial charge in [-0.15, -0.1) is 0 Å². The van der Waals surface area contributed by atoms with E-state index < -0.39 is 12.0 Å². The Balaban J connectivity index is 1.73. The fraction of sp³-hybridized carbons (Fsp3) is 0.640. The van der Waals surface area contributed by atoms with Gasteiger partial charge in [-0.2, -0.15) is 0 Å². The van der Waals surface area contributed by atoms with Crippen LogP contribution in [0.5, 0.6) is 0 Å². The maximum atomic E-state index is 12.8. The van der Waals surface area contributed by atoms with Crippen molar-refractivity contribution in [2.75, 3.05) is 19.7 Å². The fourth-order valence-corrected chi connectivity index (χ4v) is 4.17. The van der Waals surface area contributed by atoms with Crippen LogP contribution < -0.4 is 5.32 Å². The molecule has 1 fully saturated rings. The Morgan fingerprint density at radius 3 is 2.50 bits per heavy atom. The topological polar surface area (TPSA) is 75.7 Å². The second-order valence-electron chi connectivity index (χ2n) is 8.38. The summed E-state index contributed by atoms with van der Waals surface area (Å²) < 4.78 is 5.34. The van der Waals surface area contributed by atoms with Gasteiger partial charge in [0.05, 0.1) is 13.0 Å². The van der Waals surface area contributed by atoms with E-state index in [-0.39, 0.29) is 24.7 Å². The molecule has 0 saturated carbocycles. The number of piperazine rings is 1. The molecule has 0 bridgehead atoms. The monoisotopic (exact) mass is 464 g/mol. The zero-order valence-electron chi connectivity index (χ0n) is 19.2. The number of carbonyl (C=O) groups is 3. The van der Waals surface area contributed by atoms with E-state index >= 15 is 0 Å². The molecule has 0 spiro atoms. The van der Waals surface area contributed by atoms with Crippen LogP contribution in [0.2, 0.25) is 5.02 Å². The Labute approximate surface area is 197 Å². The second-order valence-corrected chi connectivity index (χ2v) is 8.79. The maximum absolute atomic E-state index is 12.8. The maximum Gasteiger partial charge on any atom is 0.308 e. The molecule has 2 amide bonds. The minimum absolute atomic E-state index is 0.110. The lowest BCUT2D eigenvalue weighted by molar-refractivity contribution is -0.152. The summed E-state index contributed by atoms with van der Waals surface area (Å²) in [4.78, 5) is 39.0. The molecule has 6 nitrogen and oxygen atoms in total. The van der Waals surface area contributed by atoms with Crippen LogP contribution in [0.1, 0.15) is 76.7 Å². The van der Waals surface area contributed by atoms with Crippen molar-refractivity contribution in [3.63, 3.8) is 0 Å². The van der Waals surface area contributed by atoms with Gasteiger partial charge in [-0.05, 0) is 24.5 Å². The number of unbranched alkanes of at least 4 members (excludes halogenated alkanes) is 7. The minimum atomic E-state index is -0.812. The number of carbonyl (C=O) groups excluding carboxylic acids is 3. The van der Waals surface area contributed by atoms with Gasteiger partial charge in [0.1, 0.15) is 6.04 Å². The third-order valence-corrected chi connectivity index (χ3v) is 6.21. The molecule has 1 N–H and O–H groups in total. The molecular weight excluding hydrogens is 428 g/mol. The van der Waals surface area contributed by atoms with Crippen molar-refractivity contribution in [2.45, 2.75) is 83.6 Å². The first kappa shape index (κ1) is 26.2. The predicted molar refractivity (Wildman–Crippen MR) is 126 cm³/mol. The van der Waals surface area contributed by atoms with Crippen molar-refractivity contribution in [3.05, 3.63) is 34.9 Å². The number of amides is 2. The lowest BCUT2D eigenvalue weighted by atomic mass is 10.1. The molecular formula is C25H37ClN2O4. The molecule has 7 heteroatoms. The number of aryl methyl sites for hydroxylation is 1. The highest BCUT2D eigenvalue weighted by molar-refractivity contribution is 6.31. The Morgan fingerprint density at radius 2 is 1.78 bits per heavy atom.